The molecule has 21 heavy (non-hydrogen) atoms. The third-order valence-electron chi connectivity index (χ3n) is 3.38. The van der Waals surface area contributed by atoms with Gasteiger partial charge < -0.3 is 19.2 Å². The van der Waals surface area contributed by atoms with Gasteiger partial charge in [0.15, 0.2) is 17.1 Å². The van der Waals surface area contributed by atoms with Crippen molar-refractivity contribution >= 4 is 16.8 Å². The molecule has 0 radical (unpaired) electrons. The number of para-hydroxylation sites is 1. The van der Waals surface area contributed by atoms with E-state index in [1.165, 1.54) is 0 Å². The van der Waals surface area contributed by atoms with Gasteiger partial charge in [0.25, 0.3) is 0 Å². The van der Waals surface area contributed by atoms with Crippen LogP contribution in [0.5, 0.6) is 11.5 Å². The van der Waals surface area contributed by atoms with Crippen LogP contribution >= 0.6 is 0 Å². The molecule has 0 saturated carbocycles. The highest BCUT2D eigenvalue weighted by molar-refractivity contribution is 5.76. The summed E-state index contributed by atoms with van der Waals surface area (Å²) in [5.41, 5.74) is 3.12. The fourth-order valence-electron chi connectivity index (χ4n) is 2.39. The number of rotatable bonds is 3. The van der Waals surface area contributed by atoms with Crippen LogP contribution < -0.4 is 20.5 Å². The SMILES string of the molecule is O=c1[nH]c2cc(NCc3cccc4c3OCO4)ccc2o1. The Labute approximate surface area is 119 Å². The predicted octanol–water partition coefficient (Wildman–Crippen LogP) is 2.46. The molecule has 0 saturated heterocycles. The Morgan fingerprint density at radius 3 is 3.10 bits per heavy atom. The molecule has 1 aromatic heterocycles. The molecule has 2 heterocycles. The number of nitrogens with one attached hydrogen (secondary N) is 2. The van der Waals surface area contributed by atoms with Crippen molar-refractivity contribution in [2.45, 2.75) is 6.54 Å². The molecule has 2 aromatic carbocycles. The first-order valence-corrected chi connectivity index (χ1v) is 6.54. The van der Waals surface area contributed by atoms with Gasteiger partial charge in [-0.3, -0.25) is 4.98 Å². The smallest absolute Gasteiger partial charge is 0.417 e. The molecule has 0 atom stereocenters. The summed E-state index contributed by atoms with van der Waals surface area (Å²) in [6, 6.07) is 11.2. The van der Waals surface area contributed by atoms with Crippen molar-refractivity contribution in [1.82, 2.24) is 4.98 Å². The van der Waals surface area contributed by atoms with Gasteiger partial charge in [-0.25, -0.2) is 4.79 Å². The van der Waals surface area contributed by atoms with Gasteiger partial charge in [0, 0.05) is 17.8 Å². The van der Waals surface area contributed by atoms with Crippen LogP contribution in [0.15, 0.2) is 45.6 Å². The van der Waals surface area contributed by atoms with Gasteiger partial charge >= 0.3 is 5.76 Å². The Balaban J connectivity index is 1.58. The van der Waals surface area contributed by atoms with Gasteiger partial charge in [-0.1, -0.05) is 12.1 Å². The van der Waals surface area contributed by atoms with Crippen LogP contribution in [-0.4, -0.2) is 11.8 Å². The maximum absolute atomic E-state index is 11.1. The highest BCUT2D eigenvalue weighted by atomic mass is 16.7. The molecule has 3 aromatic rings. The summed E-state index contributed by atoms with van der Waals surface area (Å²) >= 11 is 0. The quantitative estimate of drug-likeness (QED) is 0.772. The van der Waals surface area contributed by atoms with Crippen LogP contribution in [0.2, 0.25) is 0 Å². The first-order valence-electron chi connectivity index (χ1n) is 6.54. The maximum Gasteiger partial charge on any atom is 0.417 e. The third kappa shape index (κ3) is 2.10. The van der Waals surface area contributed by atoms with Crippen molar-refractivity contribution in [3.63, 3.8) is 0 Å². The summed E-state index contributed by atoms with van der Waals surface area (Å²) in [4.78, 5) is 13.8. The van der Waals surface area contributed by atoms with E-state index in [9.17, 15) is 4.79 Å². The van der Waals surface area contributed by atoms with Crippen molar-refractivity contribution in [3.05, 3.63) is 52.5 Å². The summed E-state index contributed by atoms with van der Waals surface area (Å²) < 4.78 is 15.8. The number of aromatic amines is 1. The number of fused-ring (bicyclic) bond motifs is 2. The minimum Gasteiger partial charge on any atom is -0.454 e. The number of aromatic nitrogens is 1. The highest BCUT2D eigenvalue weighted by Crippen LogP contribution is 2.35. The largest absolute Gasteiger partial charge is 0.454 e. The molecule has 0 unspecified atom stereocenters. The van der Waals surface area contributed by atoms with Gasteiger partial charge in [-0.2, -0.15) is 0 Å². The lowest BCUT2D eigenvalue weighted by Crippen LogP contribution is -2.01. The number of hydrogen-bond acceptors (Lipinski definition) is 5. The summed E-state index contributed by atoms with van der Waals surface area (Å²) in [7, 11) is 0. The zero-order valence-corrected chi connectivity index (χ0v) is 11.0. The van der Waals surface area contributed by atoms with E-state index in [2.05, 4.69) is 10.3 Å². The maximum atomic E-state index is 11.1. The summed E-state index contributed by atoms with van der Waals surface area (Å²) in [6.45, 7) is 0.856. The second kappa shape index (κ2) is 4.59. The number of anilines is 1. The number of oxazole rings is 1. The van der Waals surface area contributed by atoms with Crippen molar-refractivity contribution in [3.8, 4) is 11.5 Å². The van der Waals surface area contributed by atoms with Crippen LogP contribution in [0.25, 0.3) is 11.1 Å². The molecule has 106 valence electrons. The number of ether oxygens (including phenoxy) is 2. The van der Waals surface area contributed by atoms with Crippen molar-refractivity contribution in [1.29, 1.82) is 0 Å². The molecule has 0 spiro atoms. The third-order valence-corrected chi connectivity index (χ3v) is 3.38. The molecular weight excluding hydrogens is 272 g/mol. The molecule has 0 fully saturated rings. The van der Waals surface area contributed by atoms with E-state index in [4.69, 9.17) is 13.9 Å². The minimum atomic E-state index is -0.450. The summed E-state index contributed by atoms with van der Waals surface area (Å²) in [5.74, 6) is 1.10. The molecule has 1 aliphatic rings. The van der Waals surface area contributed by atoms with E-state index in [-0.39, 0.29) is 6.79 Å². The molecule has 4 rings (SSSR count). The lowest BCUT2D eigenvalue weighted by atomic mass is 10.2. The monoisotopic (exact) mass is 284 g/mol. The zero-order valence-electron chi connectivity index (χ0n) is 11.0. The van der Waals surface area contributed by atoms with E-state index < -0.39 is 5.76 Å². The minimum absolute atomic E-state index is 0.258. The second-order valence-electron chi connectivity index (χ2n) is 4.73. The van der Waals surface area contributed by atoms with Crippen LogP contribution in [0, 0.1) is 0 Å². The lowest BCUT2D eigenvalue weighted by Gasteiger charge is -2.08. The first kappa shape index (κ1) is 11.9. The molecule has 0 aliphatic carbocycles. The van der Waals surface area contributed by atoms with Gasteiger partial charge in [-0.05, 0) is 24.3 Å². The Morgan fingerprint density at radius 1 is 1.19 bits per heavy atom. The van der Waals surface area contributed by atoms with E-state index in [0.717, 1.165) is 22.7 Å². The van der Waals surface area contributed by atoms with E-state index in [0.29, 0.717) is 17.6 Å². The van der Waals surface area contributed by atoms with Gasteiger partial charge in [-0.15, -0.1) is 0 Å². The van der Waals surface area contributed by atoms with Gasteiger partial charge in [0.1, 0.15) is 0 Å². The lowest BCUT2D eigenvalue weighted by molar-refractivity contribution is 0.173. The van der Waals surface area contributed by atoms with E-state index >= 15 is 0 Å². The number of H-pyrrole nitrogens is 1. The normalized spacial score (nSPS) is 12.8. The Bertz CT molecular complexity index is 865. The van der Waals surface area contributed by atoms with Crippen molar-refractivity contribution < 1.29 is 13.9 Å². The molecule has 6 heteroatoms. The average molecular weight is 284 g/mol. The Hall–Kier alpha value is -2.89. The predicted molar refractivity (Wildman–Crippen MR) is 76.7 cm³/mol. The zero-order chi connectivity index (χ0) is 14.2. The molecule has 6 nitrogen and oxygen atoms in total. The van der Waals surface area contributed by atoms with Crippen LogP contribution in [0.4, 0.5) is 5.69 Å². The van der Waals surface area contributed by atoms with Crippen molar-refractivity contribution in [2.75, 3.05) is 12.1 Å². The summed E-state index contributed by atoms with van der Waals surface area (Å²) in [5, 5.41) is 3.29. The van der Waals surface area contributed by atoms with E-state index in [1.807, 2.05) is 30.3 Å². The second-order valence-corrected chi connectivity index (χ2v) is 4.73. The number of benzene rings is 2. The van der Waals surface area contributed by atoms with Gasteiger partial charge in [0.2, 0.25) is 6.79 Å². The van der Waals surface area contributed by atoms with E-state index in [1.54, 1.807) is 6.07 Å². The van der Waals surface area contributed by atoms with Crippen LogP contribution in [0.1, 0.15) is 5.56 Å². The molecule has 1 aliphatic heterocycles. The Morgan fingerprint density at radius 2 is 2.14 bits per heavy atom. The van der Waals surface area contributed by atoms with Crippen molar-refractivity contribution in [2.24, 2.45) is 0 Å². The fourth-order valence-corrected chi connectivity index (χ4v) is 2.39. The molecular formula is C15H12N2O4. The summed E-state index contributed by atoms with van der Waals surface area (Å²) in [6.07, 6.45) is 0. The van der Waals surface area contributed by atoms with Crippen LogP contribution in [0.3, 0.4) is 0 Å². The first-order chi connectivity index (χ1) is 10.3. The molecule has 2 N–H and O–H groups in total. The fraction of sp³-hybridized carbons (Fsp3) is 0.133. The Kier molecular flexibility index (Phi) is 2.60. The number of hydrogen-bond donors (Lipinski definition) is 2. The molecule has 0 bridgehead atoms. The van der Waals surface area contributed by atoms with Gasteiger partial charge in [0.05, 0.1) is 5.52 Å². The topological polar surface area (TPSA) is 76.5 Å². The average Bonchev–Trinajstić information content (AvgIpc) is 3.09. The highest BCUT2D eigenvalue weighted by Gasteiger charge is 2.16. The standard InChI is InChI=1S/C15H12N2O4/c18-15-17-11-6-10(4-5-12(11)21-15)16-7-9-2-1-3-13-14(9)20-8-19-13/h1-6,16H,7-8H2,(H,17,18). The van der Waals surface area contributed by atoms with Crippen LogP contribution in [-0.2, 0) is 6.54 Å². The molecule has 0 amide bonds.